The van der Waals surface area contributed by atoms with Crippen molar-refractivity contribution in [1.29, 1.82) is 0 Å². The fourth-order valence-electron chi connectivity index (χ4n) is 3.16. The first kappa shape index (κ1) is 10.4. The van der Waals surface area contributed by atoms with Gasteiger partial charge in [0.25, 0.3) is 0 Å². The lowest BCUT2D eigenvalue weighted by Crippen LogP contribution is -2.41. The van der Waals surface area contributed by atoms with Crippen molar-refractivity contribution in [2.45, 2.75) is 51.6 Å². The van der Waals surface area contributed by atoms with Crippen LogP contribution in [0.2, 0.25) is 0 Å². The van der Waals surface area contributed by atoms with E-state index in [4.69, 9.17) is 0 Å². The van der Waals surface area contributed by atoms with Gasteiger partial charge in [-0.1, -0.05) is 20.3 Å². The topological polar surface area (TPSA) is 24.1 Å². The Hall–Kier alpha value is -0.0800. The van der Waals surface area contributed by atoms with Gasteiger partial charge < -0.3 is 10.6 Å². The predicted octanol–water partition coefficient (Wildman–Crippen LogP) is 1.76. The van der Waals surface area contributed by atoms with Gasteiger partial charge in [-0.25, -0.2) is 0 Å². The van der Waals surface area contributed by atoms with Crippen molar-refractivity contribution in [3.05, 3.63) is 0 Å². The number of hydrogen-bond donors (Lipinski definition) is 2. The molecule has 1 aliphatic heterocycles. The van der Waals surface area contributed by atoms with Gasteiger partial charge in [0, 0.05) is 18.6 Å². The van der Waals surface area contributed by atoms with Crippen molar-refractivity contribution < 1.29 is 0 Å². The molecular weight excluding hydrogens is 172 g/mol. The molecule has 0 aromatic heterocycles. The molecule has 0 bridgehead atoms. The molecular formula is C12H24N2. The number of hydrogen-bond acceptors (Lipinski definition) is 2. The van der Waals surface area contributed by atoms with Crippen LogP contribution >= 0.6 is 0 Å². The minimum Gasteiger partial charge on any atom is -0.315 e. The van der Waals surface area contributed by atoms with E-state index < -0.39 is 0 Å². The molecule has 1 saturated heterocycles. The molecule has 2 rings (SSSR count). The van der Waals surface area contributed by atoms with E-state index in [2.05, 4.69) is 24.5 Å². The molecule has 2 nitrogen and oxygen atoms in total. The SMILES string of the molecule is CCC1CCC(NC2CCNC2)C1C. The second-order valence-electron chi connectivity index (χ2n) is 5.07. The molecule has 0 spiro atoms. The molecule has 4 unspecified atom stereocenters. The summed E-state index contributed by atoms with van der Waals surface area (Å²) in [5.41, 5.74) is 0. The van der Waals surface area contributed by atoms with E-state index in [1.165, 1.54) is 38.8 Å². The Morgan fingerprint density at radius 3 is 2.71 bits per heavy atom. The first-order valence-corrected chi connectivity index (χ1v) is 6.28. The van der Waals surface area contributed by atoms with Crippen LogP contribution in [0.4, 0.5) is 0 Å². The van der Waals surface area contributed by atoms with Gasteiger partial charge in [0.2, 0.25) is 0 Å². The van der Waals surface area contributed by atoms with Crippen molar-refractivity contribution in [3.8, 4) is 0 Å². The van der Waals surface area contributed by atoms with Crippen molar-refractivity contribution in [2.75, 3.05) is 13.1 Å². The minimum absolute atomic E-state index is 0.748. The molecule has 0 aromatic rings. The molecule has 1 heterocycles. The largest absolute Gasteiger partial charge is 0.315 e. The maximum atomic E-state index is 3.83. The van der Waals surface area contributed by atoms with Crippen LogP contribution in [-0.2, 0) is 0 Å². The average molecular weight is 196 g/mol. The second kappa shape index (κ2) is 4.63. The first-order chi connectivity index (χ1) is 6.81. The van der Waals surface area contributed by atoms with E-state index in [9.17, 15) is 0 Å². The Balaban J connectivity index is 1.80. The van der Waals surface area contributed by atoms with E-state index in [-0.39, 0.29) is 0 Å². The normalized spacial score (nSPS) is 43.3. The van der Waals surface area contributed by atoms with Crippen LogP contribution in [0.25, 0.3) is 0 Å². The summed E-state index contributed by atoms with van der Waals surface area (Å²) in [6, 6.07) is 1.54. The predicted molar refractivity (Wildman–Crippen MR) is 60.4 cm³/mol. The van der Waals surface area contributed by atoms with Gasteiger partial charge in [0.15, 0.2) is 0 Å². The van der Waals surface area contributed by atoms with Gasteiger partial charge in [0.1, 0.15) is 0 Å². The van der Waals surface area contributed by atoms with E-state index in [0.717, 1.165) is 23.9 Å². The zero-order valence-corrected chi connectivity index (χ0v) is 9.55. The van der Waals surface area contributed by atoms with Crippen LogP contribution in [0.5, 0.6) is 0 Å². The quantitative estimate of drug-likeness (QED) is 0.719. The highest BCUT2D eigenvalue weighted by Gasteiger charge is 2.32. The van der Waals surface area contributed by atoms with Gasteiger partial charge in [-0.2, -0.15) is 0 Å². The molecule has 1 aliphatic carbocycles. The molecule has 2 heteroatoms. The van der Waals surface area contributed by atoms with Crippen molar-refractivity contribution in [3.63, 3.8) is 0 Å². The highest BCUT2D eigenvalue weighted by atomic mass is 15.1. The Morgan fingerprint density at radius 2 is 2.14 bits per heavy atom. The van der Waals surface area contributed by atoms with Gasteiger partial charge in [0.05, 0.1) is 0 Å². The first-order valence-electron chi connectivity index (χ1n) is 6.28. The fraction of sp³-hybridized carbons (Fsp3) is 1.00. The smallest absolute Gasteiger partial charge is 0.0207 e. The third kappa shape index (κ3) is 2.12. The lowest BCUT2D eigenvalue weighted by Gasteiger charge is -2.24. The highest BCUT2D eigenvalue weighted by Crippen LogP contribution is 2.34. The van der Waals surface area contributed by atoms with Crippen LogP contribution in [0.1, 0.15) is 39.5 Å². The Bertz CT molecular complexity index is 175. The van der Waals surface area contributed by atoms with E-state index >= 15 is 0 Å². The van der Waals surface area contributed by atoms with Crippen molar-refractivity contribution in [1.82, 2.24) is 10.6 Å². The summed E-state index contributed by atoms with van der Waals surface area (Å²) in [4.78, 5) is 0. The molecule has 2 aliphatic rings. The van der Waals surface area contributed by atoms with E-state index in [0.29, 0.717) is 0 Å². The monoisotopic (exact) mass is 196 g/mol. The molecule has 2 fully saturated rings. The summed E-state index contributed by atoms with van der Waals surface area (Å²) in [7, 11) is 0. The highest BCUT2D eigenvalue weighted by molar-refractivity contribution is 4.90. The third-order valence-electron chi connectivity index (χ3n) is 4.26. The van der Waals surface area contributed by atoms with Gasteiger partial charge in [-0.15, -0.1) is 0 Å². The van der Waals surface area contributed by atoms with Gasteiger partial charge in [-0.05, 0) is 37.6 Å². The molecule has 2 N–H and O–H groups in total. The second-order valence-corrected chi connectivity index (χ2v) is 5.07. The standard InChI is InChI=1S/C12H24N2/c1-3-10-4-5-12(9(10)2)14-11-6-7-13-8-11/h9-14H,3-8H2,1-2H3. The van der Waals surface area contributed by atoms with Crippen LogP contribution in [0.3, 0.4) is 0 Å². The van der Waals surface area contributed by atoms with Crippen LogP contribution < -0.4 is 10.6 Å². The van der Waals surface area contributed by atoms with E-state index in [1.54, 1.807) is 0 Å². The number of rotatable bonds is 3. The van der Waals surface area contributed by atoms with Gasteiger partial charge in [-0.3, -0.25) is 0 Å². The lowest BCUT2D eigenvalue weighted by molar-refractivity contribution is 0.325. The summed E-state index contributed by atoms with van der Waals surface area (Å²) in [6.45, 7) is 7.15. The Kier molecular flexibility index (Phi) is 3.45. The van der Waals surface area contributed by atoms with Gasteiger partial charge >= 0.3 is 0 Å². The molecule has 0 radical (unpaired) electrons. The van der Waals surface area contributed by atoms with Crippen LogP contribution in [0.15, 0.2) is 0 Å². The fourth-order valence-corrected chi connectivity index (χ4v) is 3.16. The zero-order valence-electron chi connectivity index (χ0n) is 9.55. The third-order valence-corrected chi connectivity index (χ3v) is 4.26. The van der Waals surface area contributed by atoms with Crippen LogP contribution in [0, 0.1) is 11.8 Å². The lowest BCUT2D eigenvalue weighted by atomic mass is 9.93. The van der Waals surface area contributed by atoms with Crippen molar-refractivity contribution >= 4 is 0 Å². The maximum absolute atomic E-state index is 3.83. The average Bonchev–Trinajstić information content (AvgIpc) is 2.79. The van der Waals surface area contributed by atoms with E-state index in [1.807, 2.05) is 0 Å². The number of nitrogens with one attached hydrogen (secondary N) is 2. The molecule has 14 heavy (non-hydrogen) atoms. The summed E-state index contributed by atoms with van der Waals surface area (Å²) < 4.78 is 0. The summed E-state index contributed by atoms with van der Waals surface area (Å²) in [5, 5.41) is 7.25. The molecule has 1 saturated carbocycles. The molecule has 0 aromatic carbocycles. The Labute approximate surface area is 87.8 Å². The zero-order chi connectivity index (χ0) is 9.97. The maximum Gasteiger partial charge on any atom is 0.0207 e. The summed E-state index contributed by atoms with van der Waals surface area (Å²) >= 11 is 0. The molecule has 4 atom stereocenters. The van der Waals surface area contributed by atoms with Crippen LogP contribution in [-0.4, -0.2) is 25.2 Å². The Morgan fingerprint density at radius 1 is 1.29 bits per heavy atom. The van der Waals surface area contributed by atoms with Crippen molar-refractivity contribution in [2.24, 2.45) is 11.8 Å². The minimum atomic E-state index is 0.748. The summed E-state index contributed by atoms with van der Waals surface area (Å²) in [6.07, 6.45) is 5.52. The molecule has 82 valence electrons. The molecule has 0 amide bonds. The summed E-state index contributed by atoms with van der Waals surface area (Å²) in [5.74, 6) is 1.86.